The molecule has 0 aliphatic carbocycles. The van der Waals surface area contributed by atoms with Crippen molar-refractivity contribution in [3.05, 3.63) is 18.3 Å². The van der Waals surface area contributed by atoms with Gasteiger partial charge in [-0.2, -0.15) is 8.42 Å². The van der Waals surface area contributed by atoms with E-state index in [-0.39, 0.29) is 6.04 Å². The molecule has 0 unspecified atom stereocenters. The summed E-state index contributed by atoms with van der Waals surface area (Å²) in [5.41, 5.74) is 0.613. The third-order valence-electron chi connectivity index (χ3n) is 1.98. The Morgan fingerprint density at radius 3 is 2.86 bits per heavy atom. The Balaban J connectivity index is 2.59. The molecule has 1 N–H and O–H groups in total. The molecule has 76 valence electrons. The molecular weight excluding hydrogens is 202 g/mol. The molecule has 2 heterocycles. The molecule has 5 nitrogen and oxygen atoms in total. The minimum Gasteiger partial charge on any atom is -0.248 e. The normalized spacial score (nSPS) is 18.1. The van der Waals surface area contributed by atoms with E-state index in [0.29, 0.717) is 11.5 Å². The molecule has 0 atom stereocenters. The zero-order chi connectivity index (χ0) is 10.3. The van der Waals surface area contributed by atoms with Gasteiger partial charge in [-0.15, -0.1) is 0 Å². The first kappa shape index (κ1) is 9.26. The van der Waals surface area contributed by atoms with Gasteiger partial charge in [0.15, 0.2) is 5.82 Å². The number of fused-ring (bicyclic) bond motifs is 1. The molecule has 0 saturated heterocycles. The molecule has 0 fully saturated rings. The van der Waals surface area contributed by atoms with Gasteiger partial charge >= 0.3 is 10.2 Å². The van der Waals surface area contributed by atoms with Crippen LogP contribution in [0.3, 0.4) is 0 Å². The molecule has 0 radical (unpaired) electrons. The van der Waals surface area contributed by atoms with Crippen molar-refractivity contribution in [3.8, 4) is 0 Å². The van der Waals surface area contributed by atoms with E-state index in [9.17, 15) is 8.42 Å². The number of hydrogen-bond donors (Lipinski definition) is 1. The molecule has 1 aliphatic rings. The van der Waals surface area contributed by atoms with Crippen molar-refractivity contribution in [3.63, 3.8) is 0 Å². The zero-order valence-electron chi connectivity index (χ0n) is 7.93. The summed E-state index contributed by atoms with van der Waals surface area (Å²) in [4.78, 5) is 3.96. The first-order valence-corrected chi connectivity index (χ1v) is 5.73. The van der Waals surface area contributed by atoms with E-state index >= 15 is 0 Å². The van der Waals surface area contributed by atoms with Gasteiger partial charge in [-0.3, -0.25) is 0 Å². The van der Waals surface area contributed by atoms with Crippen LogP contribution in [-0.2, 0) is 10.2 Å². The van der Waals surface area contributed by atoms with Gasteiger partial charge in [0.1, 0.15) is 0 Å². The maximum Gasteiger partial charge on any atom is 0.325 e. The second-order valence-electron chi connectivity index (χ2n) is 3.37. The van der Waals surface area contributed by atoms with Gasteiger partial charge < -0.3 is 0 Å². The van der Waals surface area contributed by atoms with Crippen LogP contribution in [0.2, 0.25) is 0 Å². The van der Waals surface area contributed by atoms with Gasteiger partial charge in [0, 0.05) is 12.2 Å². The maximum atomic E-state index is 11.6. The van der Waals surface area contributed by atoms with Crippen LogP contribution in [0.15, 0.2) is 18.3 Å². The summed E-state index contributed by atoms with van der Waals surface area (Å²) in [5, 5.41) is 0. The summed E-state index contributed by atoms with van der Waals surface area (Å²) in [6, 6.07) is 3.34. The van der Waals surface area contributed by atoms with Crippen LogP contribution < -0.4 is 9.03 Å². The first-order chi connectivity index (χ1) is 6.52. The van der Waals surface area contributed by atoms with Crippen molar-refractivity contribution in [2.75, 3.05) is 9.03 Å². The number of aromatic nitrogens is 1. The average molecular weight is 213 g/mol. The molecule has 0 bridgehead atoms. The molecule has 2 rings (SSSR count). The van der Waals surface area contributed by atoms with Gasteiger partial charge in [0.2, 0.25) is 0 Å². The summed E-state index contributed by atoms with van der Waals surface area (Å²) < 4.78 is 27.0. The Hall–Kier alpha value is -1.30. The standard InChI is InChI=1S/C8H11N3O2S/c1-6(2)11-7-4-3-5-9-8(7)10-14(11,12)13/h3-6H,1-2H3,(H,9,10). The molecule has 1 aliphatic heterocycles. The lowest BCUT2D eigenvalue weighted by atomic mass is 10.3. The third-order valence-corrected chi connectivity index (χ3v) is 3.57. The summed E-state index contributed by atoms with van der Waals surface area (Å²) >= 11 is 0. The largest absolute Gasteiger partial charge is 0.325 e. The third kappa shape index (κ3) is 1.22. The van der Waals surface area contributed by atoms with E-state index in [1.807, 2.05) is 13.8 Å². The number of anilines is 2. The van der Waals surface area contributed by atoms with Crippen LogP contribution in [0.25, 0.3) is 0 Å². The van der Waals surface area contributed by atoms with Crippen LogP contribution in [-0.4, -0.2) is 19.4 Å². The number of hydrogen-bond acceptors (Lipinski definition) is 3. The fraction of sp³-hybridized carbons (Fsp3) is 0.375. The molecule has 6 heteroatoms. The molecule has 1 aromatic heterocycles. The fourth-order valence-corrected chi connectivity index (χ4v) is 2.97. The van der Waals surface area contributed by atoms with E-state index in [4.69, 9.17) is 0 Å². The number of nitrogens with zero attached hydrogens (tertiary/aromatic N) is 2. The number of nitrogens with one attached hydrogen (secondary N) is 1. The van der Waals surface area contributed by atoms with Crippen molar-refractivity contribution >= 4 is 21.7 Å². The van der Waals surface area contributed by atoms with E-state index in [0.717, 1.165) is 0 Å². The summed E-state index contributed by atoms with van der Waals surface area (Å²) in [7, 11) is -3.42. The second-order valence-corrected chi connectivity index (χ2v) is 4.92. The lowest BCUT2D eigenvalue weighted by Gasteiger charge is -2.20. The Kier molecular flexibility index (Phi) is 1.88. The highest BCUT2D eigenvalue weighted by atomic mass is 32.2. The Bertz CT molecular complexity index is 455. The predicted molar refractivity (Wildman–Crippen MR) is 54.4 cm³/mol. The van der Waals surface area contributed by atoms with Gasteiger partial charge in [-0.1, -0.05) is 0 Å². The van der Waals surface area contributed by atoms with Crippen molar-refractivity contribution in [2.24, 2.45) is 0 Å². The van der Waals surface area contributed by atoms with E-state index in [1.165, 1.54) is 4.31 Å². The molecule has 0 amide bonds. The van der Waals surface area contributed by atoms with E-state index in [1.54, 1.807) is 18.3 Å². The van der Waals surface area contributed by atoms with Crippen molar-refractivity contribution in [1.82, 2.24) is 4.98 Å². The minimum absolute atomic E-state index is 0.113. The summed E-state index contributed by atoms with van der Waals surface area (Å²) in [6.45, 7) is 3.64. The van der Waals surface area contributed by atoms with Crippen LogP contribution in [0.4, 0.5) is 11.5 Å². The lowest BCUT2D eigenvalue weighted by Crippen LogP contribution is -2.35. The maximum absolute atomic E-state index is 11.6. The van der Waals surface area contributed by atoms with Gasteiger partial charge in [0.25, 0.3) is 0 Å². The quantitative estimate of drug-likeness (QED) is 0.756. The highest BCUT2D eigenvalue weighted by Gasteiger charge is 2.34. The SMILES string of the molecule is CC(C)N1c2cccnc2NS1(=O)=O. The second kappa shape index (κ2) is 2.84. The number of pyridine rings is 1. The van der Waals surface area contributed by atoms with Crippen LogP contribution in [0.1, 0.15) is 13.8 Å². The first-order valence-electron chi connectivity index (χ1n) is 4.29. The van der Waals surface area contributed by atoms with Gasteiger partial charge in [0.05, 0.1) is 5.69 Å². The van der Waals surface area contributed by atoms with Crippen molar-refractivity contribution < 1.29 is 8.42 Å². The van der Waals surface area contributed by atoms with Crippen molar-refractivity contribution in [2.45, 2.75) is 19.9 Å². The van der Waals surface area contributed by atoms with Gasteiger partial charge in [-0.25, -0.2) is 14.0 Å². The van der Waals surface area contributed by atoms with Crippen LogP contribution >= 0.6 is 0 Å². The molecule has 0 aromatic carbocycles. The van der Waals surface area contributed by atoms with Gasteiger partial charge in [-0.05, 0) is 26.0 Å². The highest BCUT2D eigenvalue weighted by molar-refractivity contribution is 7.94. The smallest absolute Gasteiger partial charge is 0.248 e. The summed E-state index contributed by atoms with van der Waals surface area (Å²) in [5.74, 6) is 0.404. The topological polar surface area (TPSA) is 62.3 Å². The van der Waals surface area contributed by atoms with Crippen LogP contribution in [0.5, 0.6) is 0 Å². The van der Waals surface area contributed by atoms with Crippen molar-refractivity contribution in [1.29, 1.82) is 0 Å². The lowest BCUT2D eigenvalue weighted by molar-refractivity contribution is 0.592. The van der Waals surface area contributed by atoms with E-state index in [2.05, 4.69) is 9.71 Å². The number of rotatable bonds is 1. The fourth-order valence-electron chi connectivity index (χ4n) is 1.51. The zero-order valence-corrected chi connectivity index (χ0v) is 8.75. The molecule has 1 aromatic rings. The minimum atomic E-state index is -3.42. The highest BCUT2D eigenvalue weighted by Crippen LogP contribution is 2.34. The molecule has 0 spiro atoms. The average Bonchev–Trinajstić information content (AvgIpc) is 2.33. The Morgan fingerprint density at radius 1 is 1.50 bits per heavy atom. The molecular formula is C8H11N3O2S. The Morgan fingerprint density at radius 2 is 2.21 bits per heavy atom. The Labute approximate surface area is 82.9 Å². The molecule has 14 heavy (non-hydrogen) atoms. The summed E-state index contributed by atoms with van der Waals surface area (Å²) in [6.07, 6.45) is 1.56. The molecule has 0 saturated carbocycles. The van der Waals surface area contributed by atoms with Crippen LogP contribution in [0, 0.1) is 0 Å². The predicted octanol–water partition coefficient (Wildman–Crippen LogP) is 0.967. The monoisotopic (exact) mass is 213 g/mol. The van der Waals surface area contributed by atoms with E-state index < -0.39 is 10.2 Å².